The second-order valence-electron chi connectivity index (χ2n) is 7.44. The summed E-state index contributed by atoms with van der Waals surface area (Å²) in [7, 11) is 3.12. The molecule has 0 saturated carbocycles. The predicted octanol–water partition coefficient (Wildman–Crippen LogP) is 1.91. The monoisotopic (exact) mass is 412 g/mol. The Balaban J connectivity index is 1.85. The maximum Gasteiger partial charge on any atom is 0.344 e. The molecule has 2 N–H and O–H groups in total. The van der Waals surface area contributed by atoms with Gasteiger partial charge in [-0.15, -0.1) is 0 Å². The van der Waals surface area contributed by atoms with Gasteiger partial charge in [0.05, 0.1) is 38.6 Å². The molecule has 0 atom stereocenters. The van der Waals surface area contributed by atoms with Gasteiger partial charge in [-0.1, -0.05) is 6.07 Å². The number of phenolic OH excluding ortho intramolecular Hbond substituents is 1. The van der Waals surface area contributed by atoms with Crippen molar-refractivity contribution in [3.05, 3.63) is 51.9 Å². The lowest BCUT2D eigenvalue weighted by atomic mass is 9.97. The van der Waals surface area contributed by atoms with Crippen LogP contribution >= 0.6 is 0 Å². The Bertz CT molecular complexity index is 1130. The second-order valence-corrected chi connectivity index (χ2v) is 7.44. The van der Waals surface area contributed by atoms with Crippen LogP contribution in [-0.4, -0.2) is 45.6 Å². The van der Waals surface area contributed by atoms with Crippen molar-refractivity contribution in [2.45, 2.75) is 13.5 Å². The molecule has 4 rings (SSSR count). The number of hydrogen-bond acceptors (Lipinski definition) is 6. The van der Waals surface area contributed by atoms with Crippen LogP contribution in [0, 0.1) is 6.92 Å². The number of benzene rings is 2. The van der Waals surface area contributed by atoms with E-state index in [1.807, 2.05) is 13.0 Å². The van der Waals surface area contributed by atoms with Gasteiger partial charge in [0.15, 0.2) is 17.1 Å². The summed E-state index contributed by atoms with van der Waals surface area (Å²) in [6, 6.07) is 8.81. The van der Waals surface area contributed by atoms with Crippen molar-refractivity contribution < 1.29 is 28.6 Å². The van der Waals surface area contributed by atoms with Gasteiger partial charge in [-0.25, -0.2) is 4.79 Å². The molecule has 30 heavy (non-hydrogen) atoms. The van der Waals surface area contributed by atoms with Crippen molar-refractivity contribution in [1.82, 2.24) is 0 Å². The molecule has 0 unspecified atom stereocenters. The molecule has 1 aliphatic rings. The molecular weight excluding hydrogens is 386 g/mol. The van der Waals surface area contributed by atoms with Crippen LogP contribution in [0.3, 0.4) is 0 Å². The Morgan fingerprint density at radius 1 is 1.07 bits per heavy atom. The lowest BCUT2D eigenvalue weighted by Crippen LogP contribution is -3.12. The minimum Gasteiger partial charge on any atom is -0.507 e. The average Bonchev–Trinajstić information content (AvgIpc) is 2.76. The number of morpholine rings is 1. The van der Waals surface area contributed by atoms with Crippen LogP contribution < -0.4 is 20.0 Å². The molecule has 1 fully saturated rings. The van der Waals surface area contributed by atoms with Crippen LogP contribution in [0.1, 0.15) is 11.1 Å². The summed E-state index contributed by atoms with van der Waals surface area (Å²) < 4.78 is 21.9. The quantitative estimate of drug-likeness (QED) is 0.623. The molecule has 0 amide bonds. The van der Waals surface area contributed by atoms with Gasteiger partial charge in [0.25, 0.3) is 0 Å². The standard InChI is InChI=1S/C23H25NO6/c1-14-16-5-6-18(25)17(13-24-8-10-29-11-9-24)22(16)30-23(26)21(14)15-4-7-19(27-2)20(12-15)28-3/h4-7,12,25H,8-11,13H2,1-3H3/p+1. The van der Waals surface area contributed by atoms with Gasteiger partial charge in [-0.3, -0.25) is 0 Å². The highest BCUT2D eigenvalue weighted by Crippen LogP contribution is 2.35. The Morgan fingerprint density at radius 2 is 1.80 bits per heavy atom. The van der Waals surface area contributed by atoms with Crippen molar-refractivity contribution in [3.8, 4) is 28.4 Å². The number of aromatic hydroxyl groups is 1. The van der Waals surface area contributed by atoms with E-state index in [9.17, 15) is 9.90 Å². The molecule has 1 aliphatic heterocycles. The van der Waals surface area contributed by atoms with E-state index in [-0.39, 0.29) is 5.75 Å². The molecule has 1 aromatic heterocycles. The summed E-state index contributed by atoms with van der Waals surface area (Å²) in [6.07, 6.45) is 0. The highest BCUT2D eigenvalue weighted by Gasteiger charge is 2.22. The summed E-state index contributed by atoms with van der Waals surface area (Å²) in [5.74, 6) is 1.27. The zero-order valence-corrected chi connectivity index (χ0v) is 17.4. The predicted molar refractivity (Wildman–Crippen MR) is 113 cm³/mol. The van der Waals surface area contributed by atoms with Gasteiger partial charge in [0.2, 0.25) is 0 Å². The Morgan fingerprint density at radius 3 is 2.50 bits per heavy atom. The number of hydrogen-bond donors (Lipinski definition) is 2. The normalized spacial score (nSPS) is 14.8. The van der Waals surface area contributed by atoms with E-state index in [2.05, 4.69) is 0 Å². The van der Waals surface area contributed by atoms with Crippen LogP contribution in [0.4, 0.5) is 0 Å². The second kappa shape index (κ2) is 8.38. The number of methoxy groups -OCH3 is 2. The first-order chi connectivity index (χ1) is 14.5. The first-order valence-electron chi connectivity index (χ1n) is 9.95. The van der Waals surface area contributed by atoms with E-state index in [1.165, 1.54) is 4.90 Å². The van der Waals surface area contributed by atoms with Crippen LogP contribution in [0.15, 0.2) is 39.5 Å². The van der Waals surface area contributed by atoms with E-state index in [1.54, 1.807) is 38.5 Å². The third kappa shape index (κ3) is 3.62. The smallest absolute Gasteiger partial charge is 0.344 e. The lowest BCUT2D eigenvalue weighted by Gasteiger charge is -2.24. The zero-order chi connectivity index (χ0) is 21.3. The molecule has 0 aliphatic carbocycles. The third-order valence-corrected chi connectivity index (χ3v) is 5.71. The number of quaternary nitrogens is 1. The van der Waals surface area contributed by atoms with Gasteiger partial charge >= 0.3 is 5.63 Å². The van der Waals surface area contributed by atoms with Crippen LogP contribution in [0.5, 0.6) is 17.2 Å². The van der Waals surface area contributed by atoms with Gasteiger partial charge in [-0.2, -0.15) is 0 Å². The van der Waals surface area contributed by atoms with E-state index in [0.29, 0.717) is 53.5 Å². The fourth-order valence-corrected chi connectivity index (χ4v) is 4.04. The SMILES string of the molecule is COc1ccc(-c2c(C)c3ccc(O)c(C[NH+]4CCOCC4)c3oc2=O)cc1OC. The number of fused-ring (bicyclic) bond motifs is 1. The van der Waals surface area contributed by atoms with Crippen LogP contribution in [0.2, 0.25) is 0 Å². The molecule has 7 heteroatoms. The van der Waals surface area contributed by atoms with Crippen molar-refractivity contribution in [1.29, 1.82) is 0 Å². The maximum absolute atomic E-state index is 13.0. The van der Waals surface area contributed by atoms with Crippen molar-refractivity contribution >= 4 is 11.0 Å². The lowest BCUT2D eigenvalue weighted by molar-refractivity contribution is -0.921. The van der Waals surface area contributed by atoms with Crippen molar-refractivity contribution in [2.24, 2.45) is 0 Å². The maximum atomic E-state index is 13.0. The van der Waals surface area contributed by atoms with Gasteiger partial charge in [0, 0.05) is 5.39 Å². The van der Waals surface area contributed by atoms with Crippen molar-refractivity contribution in [3.63, 3.8) is 0 Å². The minimum absolute atomic E-state index is 0.142. The molecule has 2 heterocycles. The Labute approximate surface area is 174 Å². The molecular formula is C23H26NO6+. The molecule has 7 nitrogen and oxygen atoms in total. The summed E-state index contributed by atoms with van der Waals surface area (Å²) in [6.45, 7) is 5.55. The summed E-state index contributed by atoms with van der Waals surface area (Å²) in [5, 5.41) is 11.3. The molecule has 0 spiro atoms. The van der Waals surface area contributed by atoms with Gasteiger partial charge in [0.1, 0.15) is 25.4 Å². The highest BCUT2D eigenvalue weighted by molar-refractivity contribution is 5.90. The molecule has 158 valence electrons. The van der Waals surface area contributed by atoms with E-state index < -0.39 is 5.63 Å². The fourth-order valence-electron chi connectivity index (χ4n) is 4.04. The first-order valence-corrected chi connectivity index (χ1v) is 9.95. The number of nitrogens with one attached hydrogen (secondary N) is 1. The number of ether oxygens (including phenoxy) is 3. The molecule has 2 aromatic carbocycles. The molecule has 0 radical (unpaired) electrons. The zero-order valence-electron chi connectivity index (χ0n) is 17.4. The summed E-state index contributed by atoms with van der Waals surface area (Å²) in [5.41, 5.74) is 2.61. The first kappa shape index (κ1) is 20.3. The average molecular weight is 412 g/mol. The van der Waals surface area contributed by atoms with E-state index in [0.717, 1.165) is 24.0 Å². The molecule has 3 aromatic rings. The highest BCUT2D eigenvalue weighted by atomic mass is 16.5. The third-order valence-electron chi connectivity index (χ3n) is 5.71. The summed E-state index contributed by atoms with van der Waals surface area (Å²) >= 11 is 0. The van der Waals surface area contributed by atoms with Crippen LogP contribution in [-0.2, 0) is 11.3 Å². The largest absolute Gasteiger partial charge is 0.507 e. The molecule has 0 bridgehead atoms. The number of phenols is 1. The van der Waals surface area contributed by atoms with Crippen LogP contribution in [0.25, 0.3) is 22.1 Å². The minimum atomic E-state index is -0.448. The Hall–Kier alpha value is -3.03. The number of rotatable bonds is 5. The van der Waals surface area contributed by atoms with E-state index >= 15 is 0 Å². The summed E-state index contributed by atoms with van der Waals surface area (Å²) in [4.78, 5) is 14.3. The topological polar surface area (TPSA) is 82.6 Å². The van der Waals surface area contributed by atoms with Gasteiger partial charge < -0.3 is 28.6 Å². The molecule has 1 saturated heterocycles. The van der Waals surface area contributed by atoms with Crippen molar-refractivity contribution in [2.75, 3.05) is 40.5 Å². The van der Waals surface area contributed by atoms with E-state index in [4.69, 9.17) is 18.6 Å². The van der Waals surface area contributed by atoms with Gasteiger partial charge in [-0.05, 0) is 42.3 Å². The fraction of sp³-hybridized carbons (Fsp3) is 0.348. The Kier molecular flexibility index (Phi) is 5.65. The number of aryl methyl sites for hydroxylation is 1.